The smallest absolute Gasteiger partial charge is 0.336 e. The van der Waals surface area contributed by atoms with Crippen LogP contribution in [0.5, 0.6) is 0 Å². The van der Waals surface area contributed by atoms with Crippen LogP contribution in [0.1, 0.15) is 55.4 Å². The van der Waals surface area contributed by atoms with E-state index in [0.717, 1.165) is 0 Å². The van der Waals surface area contributed by atoms with E-state index in [9.17, 15) is 19.2 Å². The van der Waals surface area contributed by atoms with Gasteiger partial charge in [-0.05, 0) is 34.6 Å². The zero-order valence-corrected chi connectivity index (χ0v) is 20.3. The zero-order valence-electron chi connectivity index (χ0n) is 20.3. The van der Waals surface area contributed by atoms with Crippen LogP contribution >= 0.6 is 0 Å². The van der Waals surface area contributed by atoms with E-state index in [1.165, 1.54) is 34.6 Å². The first kappa shape index (κ1) is 28.8. The van der Waals surface area contributed by atoms with Gasteiger partial charge in [0.05, 0.1) is 0 Å². The molecule has 0 heterocycles. The minimum Gasteiger partial charge on any atom is -0.454 e. The van der Waals surface area contributed by atoms with Crippen molar-refractivity contribution in [2.45, 2.75) is 66.8 Å². The van der Waals surface area contributed by atoms with Gasteiger partial charge in [-0.1, -0.05) is 47.1 Å². The Balaban J connectivity index is 7.08. The van der Waals surface area contributed by atoms with E-state index < -0.39 is 47.3 Å². The van der Waals surface area contributed by atoms with E-state index in [1.807, 2.05) is 0 Å². The zero-order chi connectivity index (χ0) is 25.7. The van der Waals surface area contributed by atoms with Gasteiger partial charge in [0.1, 0.15) is 0 Å². The standard InChI is InChI=1S/C24H34O8/c1-14(2)18(25)29-13-24(31-20(27)16(5)6,32-21(28)17(7)8)23(12,22(9,10)11)30-19(26)15(3)4/h1,3,5,7,13H2,2,4,6,8-12H3. The van der Waals surface area contributed by atoms with E-state index in [0.29, 0.717) is 0 Å². The van der Waals surface area contributed by atoms with Crippen LogP contribution in [0.3, 0.4) is 0 Å². The highest BCUT2D eigenvalue weighted by molar-refractivity contribution is 5.90. The minimum absolute atomic E-state index is 0.0329. The molecule has 1 atom stereocenters. The molecule has 0 bridgehead atoms. The molecule has 0 aromatic carbocycles. The molecule has 32 heavy (non-hydrogen) atoms. The Labute approximate surface area is 189 Å². The van der Waals surface area contributed by atoms with Crippen LogP contribution in [0, 0.1) is 5.41 Å². The number of ether oxygens (including phenoxy) is 4. The molecule has 0 N–H and O–H groups in total. The number of hydrogen-bond acceptors (Lipinski definition) is 8. The summed E-state index contributed by atoms with van der Waals surface area (Å²) in [6.45, 7) is 25.3. The Kier molecular flexibility index (Phi) is 9.40. The number of carbonyl (C=O) groups is 4. The summed E-state index contributed by atoms with van der Waals surface area (Å²) in [5.74, 6) is -6.01. The van der Waals surface area contributed by atoms with E-state index in [2.05, 4.69) is 26.3 Å². The molecule has 0 spiro atoms. The lowest BCUT2D eigenvalue weighted by molar-refractivity contribution is -0.323. The normalized spacial score (nSPS) is 13.1. The summed E-state index contributed by atoms with van der Waals surface area (Å²) < 4.78 is 22.1. The summed E-state index contributed by atoms with van der Waals surface area (Å²) in [4.78, 5) is 50.0. The number of hydrogen-bond donors (Lipinski definition) is 0. The highest BCUT2D eigenvalue weighted by Crippen LogP contribution is 2.46. The van der Waals surface area contributed by atoms with Crippen molar-refractivity contribution in [3.05, 3.63) is 48.6 Å². The van der Waals surface area contributed by atoms with Crippen molar-refractivity contribution in [1.82, 2.24) is 0 Å². The van der Waals surface area contributed by atoms with E-state index in [1.54, 1.807) is 20.8 Å². The number of esters is 4. The quantitative estimate of drug-likeness (QED) is 0.213. The summed E-state index contributed by atoms with van der Waals surface area (Å²) in [5, 5.41) is 0. The van der Waals surface area contributed by atoms with Gasteiger partial charge in [0.15, 0.2) is 12.2 Å². The maximum Gasteiger partial charge on any atom is 0.336 e. The molecule has 0 saturated carbocycles. The fraction of sp³-hybridized carbons (Fsp3) is 0.500. The number of carbonyl (C=O) groups excluding carboxylic acids is 4. The minimum atomic E-state index is -2.41. The molecule has 8 heteroatoms. The molecule has 0 fully saturated rings. The molecule has 0 aliphatic rings. The summed E-state index contributed by atoms with van der Waals surface area (Å²) in [6.07, 6.45) is 0. The van der Waals surface area contributed by atoms with Crippen molar-refractivity contribution in [3.63, 3.8) is 0 Å². The maximum absolute atomic E-state index is 12.6. The molecular weight excluding hydrogens is 416 g/mol. The summed E-state index contributed by atoms with van der Waals surface area (Å²) in [7, 11) is 0. The van der Waals surface area contributed by atoms with E-state index >= 15 is 0 Å². The third kappa shape index (κ3) is 6.67. The lowest BCUT2D eigenvalue weighted by Gasteiger charge is -2.51. The molecule has 0 aromatic heterocycles. The maximum atomic E-state index is 12.6. The molecule has 178 valence electrons. The third-order valence-electron chi connectivity index (χ3n) is 4.76. The van der Waals surface area contributed by atoms with Crippen molar-refractivity contribution >= 4 is 23.9 Å². The molecule has 0 aromatic rings. The molecular formula is C24H34O8. The first-order valence-electron chi connectivity index (χ1n) is 9.80. The van der Waals surface area contributed by atoms with Gasteiger partial charge in [0.25, 0.3) is 0 Å². The highest BCUT2D eigenvalue weighted by Gasteiger charge is 2.65. The van der Waals surface area contributed by atoms with Gasteiger partial charge in [0, 0.05) is 27.7 Å². The van der Waals surface area contributed by atoms with E-state index in [4.69, 9.17) is 18.9 Å². The summed E-state index contributed by atoms with van der Waals surface area (Å²) in [6, 6.07) is 0. The largest absolute Gasteiger partial charge is 0.454 e. The first-order valence-corrected chi connectivity index (χ1v) is 9.80. The monoisotopic (exact) mass is 450 g/mol. The molecule has 0 radical (unpaired) electrons. The second-order valence-electron chi connectivity index (χ2n) is 8.90. The van der Waals surface area contributed by atoms with Crippen molar-refractivity contribution < 1.29 is 38.1 Å². The number of rotatable bonds is 10. The SMILES string of the molecule is C=C(C)C(=O)OCC(OC(=O)C(=C)C)(OC(=O)C(=C)C)C(C)(OC(=O)C(=C)C)C(C)(C)C. The van der Waals surface area contributed by atoms with Crippen molar-refractivity contribution in [2.75, 3.05) is 6.61 Å². The van der Waals surface area contributed by atoms with Crippen molar-refractivity contribution in [2.24, 2.45) is 5.41 Å². The van der Waals surface area contributed by atoms with Gasteiger partial charge in [-0.25, -0.2) is 19.2 Å². The topological polar surface area (TPSA) is 105 Å². The van der Waals surface area contributed by atoms with Crippen LogP contribution in [0.25, 0.3) is 0 Å². The lowest BCUT2D eigenvalue weighted by atomic mass is 9.71. The first-order chi connectivity index (χ1) is 14.3. The van der Waals surface area contributed by atoms with Gasteiger partial charge in [0.2, 0.25) is 0 Å². The van der Waals surface area contributed by atoms with Gasteiger partial charge in [-0.2, -0.15) is 0 Å². The van der Waals surface area contributed by atoms with Crippen LogP contribution in [-0.2, 0) is 38.1 Å². The van der Waals surface area contributed by atoms with Gasteiger partial charge in [-0.3, -0.25) is 0 Å². The van der Waals surface area contributed by atoms with Crippen LogP contribution in [0.2, 0.25) is 0 Å². The van der Waals surface area contributed by atoms with Crippen molar-refractivity contribution in [3.8, 4) is 0 Å². The second-order valence-corrected chi connectivity index (χ2v) is 8.90. The summed E-state index contributed by atoms with van der Waals surface area (Å²) >= 11 is 0. The van der Waals surface area contributed by atoms with Crippen LogP contribution in [0.15, 0.2) is 48.6 Å². The Bertz CT molecular complexity index is 828. The molecule has 0 saturated heterocycles. The highest BCUT2D eigenvalue weighted by atomic mass is 16.8. The van der Waals surface area contributed by atoms with Gasteiger partial charge in [-0.15, -0.1) is 0 Å². The Morgan fingerprint density at radius 2 is 0.906 bits per heavy atom. The lowest BCUT2D eigenvalue weighted by Crippen LogP contribution is -2.68. The predicted molar refractivity (Wildman–Crippen MR) is 119 cm³/mol. The van der Waals surface area contributed by atoms with Gasteiger partial charge < -0.3 is 18.9 Å². The molecule has 0 amide bonds. The fourth-order valence-electron chi connectivity index (χ4n) is 2.24. The Hall–Kier alpha value is -3.16. The van der Waals surface area contributed by atoms with Crippen LogP contribution in [-0.4, -0.2) is 41.9 Å². The molecule has 0 aliphatic heterocycles. The van der Waals surface area contributed by atoms with Crippen LogP contribution in [0.4, 0.5) is 0 Å². The average molecular weight is 451 g/mol. The predicted octanol–water partition coefficient (Wildman–Crippen LogP) is 3.96. The summed E-state index contributed by atoms with van der Waals surface area (Å²) in [5.41, 5.74) is -2.87. The Morgan fingerprint density at radius 1 is 0.594 bits per heavy atom. The molecule has 0 rings (SSSR count). The fourth-order valence-corrected chi connectivity index (χ4v) is 2.24. The van der Waals surface area contributed by atoms with E-state index in [-0.39, 0.29) is 22.3 Å². The third-order valence-corrected chi connectivity index (χ3v) is 4.76. The molecule has 0 aliphatic carbocycles. The van der Waals surface area contributed by atoms with Crippen LogP contribution < -0.4 is 0 Å². The van der Waals surface area contributed by atoms with Crippen molar-refractivity contribution in [1.29, 1.82) is 0 Å². The average Bonchev–Trinajstić information content (AvgIpc) is 2.63. The second kappa shape index (κ2) is 10.4. The Morgan fingerprint density at radius 3 is 1.19 bits per heavy atom. The molecule has 1 unspecified atom stereocenters. The van der Waals surface area contributed by atoms with Gasteiger partial charge >= 0.3 is 29.7 Å². The molecule has 8 nitrogen and oxygen atoms in total.